The van der Waals surface area contributed by atoms with E-state index in [1.807, 2.05) is 31.2 Å². The zero-order chi connectivity index (χ0) is 10.9. The molecule has 0 saturated carbocycles. The molecule has 0 aromatic carbocycles. The van der Waals surface area contributed by atoms with Crippen molar-refractivity contribution in [3.05, 3.63) is 24.3 Å². The summed E-state index contributed by atoms with van der Waals surface area (Å²) in [4.78, 5) is 10.3. The molecule has 84 valence electrons. The molecule has 2 bridgehead atoms. The van der Waals surface area contributed by atoms with Crippen molar-refractivity contribution in [1.29, 1.82) is 0 Å². The number of fused-ring (bicyclic) bond motifs is 2. The van der Waals surface area contributed by atoms with Crippen molar-refractivity contribution >= 4 is 18.9 Å². The Hall–Kier alpha value is 0.180. The number of hydrogen-bond acceptors (Lipinski definition) is 4. The third kappa shape index (κ3) is 1.70. The second-order valence-electron chi connectivity index (χ2n) is 3.49. The van der Waals surface area contributed by atoms with Crippen LogP contribution in [0.4, 0.5) is 0 Å². The highest BCUT2D eigenvalue weighted by Crippen LogP contribution is 2.41. The zero-order valence-electron chi connectivity index (χ0n) is 8.33. The molecule has 6 atom stereocenters. The lowest BCUT2D eigenvalue weighted by Gasteiger charge is -2.48. The molecule has 1 saturated heterocycles. The predicted octanol–water partition coefficient (Wildman–Crippen LogP) is 1.55. The van der Waals surface area contributed by atoms with Gasteiger partial charge in [-0.15, -0.1) is 0 Å². The molecule has 1 aliphatic carbocycles. The Balaban J connectivity index is 2.39. The molecule has 3 rings (SSSR count). The average Bonchev–Trinajstić information content (AvgIpc) is 2.30. The van der Waals surface area contributed by atoms with Crippen LogP contribution >= 0.6 is 18.9 Å². The monoisotopic (exact) mass is 248 g/mol. The van der Waals surface area contributed by atoms with E-state index in [2.05, 4.69) is 18.9 Å². The minimum absolute atomic E-state index is 0.236. The van der Waals surface area contributed by atoms with Gasteiger partial charge in [-0.25, -0.2) is 9.78 Å². The average molecular weight is 248 g/mol. The quantitative estimate of drug-likeness (QED) is 0.431. The van der Waals surface area contributed by atoms with E-state index in [0.717, 1.165) is 0 Å². The molecule has 6 heteroatoms. The van der Waals surface area contributed by atoms with Gasteiger partial charge < -0.3 is 9.05 Å². The molecular formula is C9H14O4P2. The van der Waals surface area contributed by atoms with E-state index in [4.69, 9.17) is 18.8 Å². The van der Waals surface area contributed by atoms with Crippen molar-refractivity contribution in [2.24, 2.45) is 0 Å². The molecule has 15 heavy (non-hydrogen) atoms. The Morgan fingerprint density at radius 1 is 1.33 bits per heavy atom. The second kappa shape index (κ2) is 4.58. The summed E-state index contributed by atoms with van der Waals surface area (Å²) in [5, 5.41) is 0. The molecule has 3 aliphatic rings. The van der Waals surface area contributed by atoms with E-state index in [1.54, 1.807) is 0 Å². The van der Waals surface area contributed by atoms with Crippen LogP contribution in [0, 0.1) is 0 Å². The molecule has 0 amide bonds. The molecule has 4 nitrogen and oxygen atoms in total. The van der Waals surface area contributed by atoms with E-state index in [0.29, 0.717) is 0 Å². The van der Waals surface area contributed by atoms with Gasteiger partial charge in [0.15, 0.2) is 5.60 Å². The van der Waals surface area contributed by atoms with Crippen molar-refractivity contribution in [3.8, 4) is 0 Å². The third-order valence-electron chi connectivity index (χ3n) is 2.71. The van der Waals surface area contributed by atoms with Crippen LogP contribution < -0.4 is 0 Å². The summed E-state index contributed by atoms with van der Waals surface area (Å²) in [6, 6.07) is 0. The van der Waals surface area contributed by atoms with E-state index in [1.165, 1.54) is 0 Å². The smallest absolute Gasteiger partial charge is 0.152 e. The summed E-state index contributed by atoms with van der Waals surface area (Å²) in [5.41, 5.74) is -0.640. The Morgan fingerprint density at radius 3 is 2.60 bits per heavy atom. The van der Waals surface area contributed by atoms with Crippen molar-refractivity contribution in [3.63, 3.8) is 0 Å². The standard InChI is InChI=1S/C9H14O4P2/c1-2-5-9(13-15)7-4-3-6(10-11-7)8(9)12-14/h2-8H,14-15H2,1H3/b5-2-/t6-,7+,8+,9-/m0/s1. The summed E-state index contributed by atoms with van der Waals surface area (Å²) in [6.07, 6.45) is 6.93. The lowest BCUT2D eigenvalue weighted by atomic mass is 9.81. The highest BCUT2D eigenvalue weighted by Gasteiger charge is 2.55. The van der Waals surface area contributed by atoms with Gasteiger partial charge in [0, 0.05) is 18.9 Å². The highest BCUT2D eigenvalue weighted by atomic mass is 31.0. The van der Waals surface area contributed by atoms with Gasteiger partial charge >= 0.3 is 0 Å². The van der Waals surface area contributed by atoms with Gasteiger partial charge in [-0.05, 0) is 6.92 Å². The van der Waals surface area contributed by atoms with Crippen molar-refractivity contribution in [2.45, 2.75) is 30.8 Å². The fourth-order valence-corrected chi connectivity index (χ4v) is 2.72. The summed E-state index contributed by atoms with van der Waals surface area (Å²) >= 11 is 0. The molecule has 2 unspecified atom stereocenters. The Kier molecular flexibility index (Phi) is 3.56. The van der Waals surface area contributed by atoms with Gasteiger partial charge in [-0.1, -0.05) is 24.3 Å². The highest BCUT2D eigenvalue weighted by molar-refractivity contribution is 7.10. The molecule has 0 aromatic rings. The lowest BCUT2D eigenvalue weighted by molar-refractivity contribution is -0.406. The first-order valence-corrected chi connectivity index (χ1v) is 5.60. The van der Waals surface area contributed by atoms with Crippen LogP contribution in [0.2, 0.25) is 0 Å². The van der Waals surface area contributed by atoms with Crippen molar-refractivity contribution in [1.82, 2.24) is 0 Å². The first-order chi connectivity index (χ1) is 7.28. The molecule has 2 heterocycles. The molecule has 0 N–H and O–H groups in total. The van der Waals surface area contributed by atoms with Crippen LogP contribution in [0.3, 0.4) is 0 Å². The minimum Gasteiger partial charge on any atom is -0.356 e. The van der Waals surface area contributed by atoms with E-state index < -0.39 is 5.60 Å². The zero-order valence-corrected chi connectivity index (χ0v) is 10.6. The topological polar surface area (TPSA) is 36.9 Å². The van der Waals surface area contributed by atoms with Gasteiger partial charge in [0.25, 0.3) is 0 Å². The van der Waals surface area contributed by atoms with Crippen LogP contribution in [0.15, 0.2) is 24.3 Å². The van der Waals surface area contributed by atoms with Gasteiger partial charge in [-0.3, -0.25) is 0 Å². The maximum atomic E-state index is 5.49. The van der Waals surface area contributed by atoms with Crippen LogP contribution in [-0.4, -0.2) is 23.9 Å². The first kappa shape index (κ1) is 11.7. The van der Waals surface area contributed by atoms with Crippen molar-refractivity contribution < 1.29 is 18.8 Å². The summed E-state index contributed by atoms with van der Waals surface area (Å²) < 4.78 is 10.8. The van der Waals surface area contributed by atoms with E-state index >= 15 is 0 Å². The lowest BCUT2D eigenvalue weighted by Crippen LogP contribution is -2.63. The number of rotatable bonds is 3. The summed E-state index contributed by atoms with van der Waals surface area (Å²) in [6.45, 7) is 1.93. The largest absolute Gasteiger partial charge is 0.356 e. The molecule has 1 fully saturated rings. The van der Waals surface area contributed by atoms with Crippen molar-refractivity contribution in [2.75, 3.05) is 0 Å². The Bertz CT molecular complexity index is 294. The van der Waals surface area contributed by atoms with Gasteiger partial charge in [0.05, 0.1) is 0 Å². The van der Waals surface area contributed by atoms with Gasteiger partial charge in [0.1, 0.15) is 18.3 Å². The maximum Gasteiger partial charge on any atom is 0.152 e. The first-order valence-electron chi connectivity index (χ1n) is 4.66. The minimum atomic E-state index is -0.640. The SMILES string of the molecule is C/C=C\[C@@]1(OP)[C@H](OP)[C@@H]2C=C[C@H]1OO2. The normalized spacial score (nSPS) is 44.1. The van der Waals surface area contributed by atoms with Crippen LogP contribution in [-0.2, 0) is 18.8 Å². The van der Waals surface area contributed by atoms with E-state index in [9.17, 15) is 0 Å². The summed E-state index contributed by atoms with van der Waals surface area (Å²) in [7, 11) is 4.52. The Labute approximate surface area is 93.5 Å². The number of hydrogen-bond donors (Lipinski definition) is 0. The van der Waals surface area contributed by atoms with Crippen LogP contribution in [0.25, 0.3) is 0 Å². The van der Waals surface area contributed by atoms with Gasteiger partial charge in [-0.2, -0.15) is 0 Å². The predicted molar refractivity (Wildman–Crippen MR) is 61.8 cm³/mol. The second-order valence-corrected chi connectivity index (χ2v) is 4.00. The van der Waals surface area contributed by atoms with Crippen LogP contribution in [0.5, 0.6) is 0 Å². The molecule has 0 radical (unpaired) electrons. The van der Waals surface area contributed by atoms with Gasteiger partial charge in [0.2, 0.25) is 0 Å². The molecule has 2 aliphatic heterocycles. The molecule has 0 spiro atoms. The molecular weight excluding hydrogens is 234 g/mol. The Morgan fingerprint density at radius 2 is 2.13 bits per heavy atom. The van der Waals surface area contributed by atoms with Crippen LogP contribution in [0.1, 0.15) is 6.92 Å². The van der Waals surface area contributed by atoms with E-state index in [-0.39, 0.29) is 18.3 Å². The fourth-order valence-electron chi connectivity index (χ4n) is 2.00. The number of allylic oxidation sites excluding steroid dienone is 1. The third-order valence-corrected chi connectivity index (χ3v) is 3.41. The summed E-state index contributed by atoms with van der Waals surface area (Å²) in [5.74, 6) is 0. The fraction of sp³-hybridized carbons (Fsp3) is 0.556. The molecule has 0 aromatic heterocycles. The maximum absolute atomic E-state index is 5.49.